The summed E-state index contributed by atoms with van der Waals surface area (Å²) in [5.41, 5.74) is 1.72. The van der Waals surface area contributed by atoms with Gasteiger partial charge in [0.2, 0.25) is 5.78 Å². The first-order chi connectivity index (χ1) is 15.6. The number of benzene rings is 1. The molecule has 0 amide bonds. The van der Waals surface area contributed by atoms with Gasteiger partial charge in [-0.1, -0.05) is 30.0 Å². The van der Waals surface area contributed by atoms with E-state index in [1.165, 1.54) is 33.9 Å². The van der Waals surface area contributed by atoms with Crippen LogP contribution in [0.15, 0.2) is 62.7 Å². The summed E-state index contributed by atoms with van der Waals surface area (Å²) in [4.78, 5) is 32.6. The summed E-state index contributed by atoms with van der Waals surface area (Å²) >= 11 is 2.72. The summed E-state index contributed by atoms with van der Waals surface area (Å²) in [5.74, 6) is 1.52. The molecule has 0 atom stereocenters. The van der Waals surface area contributed by atoms with Crippen LogP contribution in [0.1, 0.15) is 5.82 Å². The minimum Gasteiger partial charge on any atom is -0.301 e. The second-order valence-electron chi connectivity index (χ2n) is 7.04. The SMILES string of the molecule is Cn1c(=O)c2sccc2n2c(CSc3nc4c(cnn4-c4ccccc4)c(=O)[nH]3)nnc12. The van der Waals surface area contributed by atoms with Gasteiger partial charge in [-0.3, -0.25) is 18.6 Å². The van der Waals surface area contributed by atoms with Gasteiger partial charge in [-0.15, -0.1) is 21.5 Å². The zero-order chi connectivity index (χ0) is 21.8. The Labute approximate surface area is 187 Å². The first kappa shape index (κ1) is 19.0. The molecule has 0 fully saturated rings. The summed E-state index contributed by atoms with van der Waals surface area (Å²) in [6, 6.07) is 11.4. The molecule has 32 heavy (non-hydrogen) atoms. The van der Waals surface area contributed by atoms with E-state index in [0.717, 1.165) is 11.2 Å². The average molecular weight is 463 g/mol. The minimum atomic E-state index is -0.256. The van der Waals surface area contributed by atoms with E-state index in [2.05, 4.69) is 25.3 Å². The molecule has 0 bridgehead atoms. The average Bonchev–Trinajstić information content (AvgIpc) is 3.54. The highest BCUT2D eigenvalue weighted by atomic mass is 32.2. The van der Waals surface area contributed by atoms with E-state index < -0.39 is 0 Å². The van der Waals surface area contributed by atoms with Gasteiger partial charge < -0.3 is 4.98 Å². The number of hydrogen-bond donors (Lipinski definition) is 1. The molecule has 12 heteroatoms. The lowest BCUT2D eigenvalue weighted by molar-refractivity contribution is 0.860. The Morgan fingerprint density at radius 1 is 1.12 bits per heavy atom. The molecule has 1 N–H and O–H groups in total. The maximum Gasteiger partial charge on any atom is 0.272 e. The molecule has 5 aromatic heterocycles. The van der Waals surface area contributed by atoms with Crippen molar-refractivity contribution in [3.05, 3.63) is 74.5 Å². The maximum absolute atomic E-state index is 12.6. The first-order valence-corrected chi connectivity index (χ1v) is 11.4. The summed E-state index contributed by atoms with van der Waals surface area (Å²) in [7, 11) is 1.68. The highest BCUT2D eigenvalue weighted by Gasteiger charge is 2.17. The number of hydrogen-bond acceptors (Lipinski definition) is 8. The highest BCUT2D eigenvalue weighted by Crippen LogP contribution is 2.24. The fourth-order valence-electron chi connectivity index (χ4n) is 3.60. The smallest absolute Gasteiger partial charge is 0.272 e. The summed E-state index contributed by atoms with van der Waals surface area (Å²) in [6.07, 6.45) is 1.52. The number of nitrogens with one attached hydrogen (secondary N) is 1. The predicted octanol–water partition coefficient (Wildman–Crippen LogP) is 2.36. The van der Waals surface area contributed by atoms with Crippen LogP contribution in [0.4, 0.5) is 0 Å². The van der Waals surface area contributed by atoms with Gasteiger partial charge in [-0.2, -0.15) is 5.10 Å². The Morgan fingerprint density at radius 3 is 2.81 bits per heavy atom. The molecule has 6 rings (SSSR count). The van der Waals surface area contributed by atoms with E-state index in [9.17, 15) is 9.59 Å². The van der Waals surface area contributed by atoms with Gasteiger partial charge in [-0.25, -0.2) is 9.67 Å². The van der Waals surface area contributed by atoms with Crippen molar-refractivity contribution < 1.29 is 0 Å². The van der Waals surface area contributed by atoms with Crippen molar-refractivity contribution in [2.75, 3.05) is 0 Å². The monoisotopic (exact) mass is 462 g/mol. The maximum atomic E-state index is 12.6. The minimum absolute atomic E-state index is 0.0975. The van der Waals surface area contributed by atoms with Crippen LogP contribution in [0.5, 0.6) is 0 Å². The van der Waals surface area contributed by atoms with Gasteiger partial charge in [0.05, 0.1) is 23.2 Å². The number of nitrogens with zero attached hydrogens (tertiary/aromatic N) is 7. The Hall–Kier alpha value is -3.77. The number of thioether (sulfide) groups is 1. The van der Waals surface area contributed by atoms with E-state index in [1.54, 1.807) is 11.7 Å². The van der Waals surface area contributed by atoms with E-state index >= 15 is 0 Å². The summed E-state index contributed by atoms with van der Waals surface area (Å²) in [5, 5.41) is 15.5. The molecule has 1 aromatic carbocycles. The van der Waals surface area contributed by atoms with Gasteiger partial charge in [0.25, 0.3) is 11.1 Å². The van der Waals surface area contributed by atoms with Gasteiger partial charge in [0, 0.05) is 7.05 Å². The lowest BCUT2D eigenvalue weighted by Gasteiger charge is -2.06. The van der Waals surface area contributed by atoms with Crippen molar-refractivity contribution in [1.29, 1.82) is 0 Å². The van der Waals surface area contributed by atoms with Crippen LogP contribution in [0.2, 0.25) is 0 Å². The Kier molecular flexibility index (Phi) is 4.23. The van der Waals surface area contributed by atoms with Gasteiger partial charge in [0.15, 0.2) is 10.8 Å². The number of fused-ring (bicyclic) bond motifs is 4. The Morgan fingerprint density at radius 2 is 1.97 bits per heavy atom. The third-order valence-electron chi connectivity index (χ3n) is 5.15. The highest BCUT2D eigenvalue weighted by molar-refractivity contribution is 7.98. The molecule has 0 radical (unpaired) electrons. The lowest BCUT2D eigenvalue weighted by atomic mass is 10.3. The van der Waals surface area contributed by atoms with E-state index in [0.29, 0.717) is 38.2 Å². The van der Waals surface area contributed by atoms with Gasteiger partial charge in [0.1, 0.15) is 15.9 Å². The van der Waals surface area contributed by atoms with Gasteiger partial charge >= 0.3 is 0 Å². The van der Waals surface area contributed by atoms with Crippen LogP contribution in [-0.2, 0) is 12.8 Å². The third kappa shape index (κ3) is 2.80. The number of para-hydroxylation sites is 1. The van der Waals surface area contributed by atoms with Crippen LogP contribution >= 0.6 is 23.1 Å². The molecule has 10 nitrogen and oxygen atoms in total. The normalized spacial score (nSPS) is 11.8. The molecule has 0 saturated carbocycles. The molecule has 0 unspecified atom stereocenters. The number of thiophene rings is 1. The van der Waals surface area contributed by atoms with Crippen molar-refractivity contribution in [2.24, 2.45) is 7.05 Å². The molecule has 0 aliphatic rings. The van der Waals surface area contributed by atoms with Crippen molar-refractivity contribution in [3.8, 4) is 5.69 Å². The second-order valence-corrected chi connectivity index (χ2v) is 8.92. The second kappa shape index (κ2) is 7.14. The fourth-order valence-corrected chi connectivity index (χ4v) is 5.22. The van der Waals surface area contributed by atoms with Gasteiger partial charge in [-0.05, 0) is 23.6 Å². The Balaban J connectivity index is 1.41. The van der Waals surface area contributed by atoms with Crippen molar-refractivity contribution in [2.45, 2.75) is 10.9 Å². The van der Waals surface area contributed by atoms with E-state index in [4.69, 9.17) is 0 Å². The molecule has 5 heterocycles. The summed E-state index contributed by atoms with van der Waals surface area (Å²) in [6.45, 7) is 0. The molecule has 0 saturated heterocycles. The number of H-pyrrole nitrogens is 1. The largest absolute Gasteiger partial charge is 0.301 e. The van der Waals surface area contributed by atoms with Crippen LogP contribution in [-0.4, -0.2) is 38.9 Å². The van der Waals surface area contributed by atoms with Crippen LogP contribution in [0.25, 0.3) is 32.7 Å². The number of aromatic nitrogens is 8. The number of rotatable bonds is 4. The fraction of sp³-hybridized carbons (Fsp3) is 0.100. The molecular weight excluding hydrogens is 448 g/mol. The lowest BCUT2D eigenvalue weighted by Crippen LogP contribution is -2.19. The zero-order valence-electron chi connectivity index (χ0n) is 16.6. The third-order valence-corrected chi connectivity index (χ3v) is 6.91. The van der Waals surface area contributed by atoms with Crippen molar-refractivity contribution in [1.82, 2.24) is 38.9 Å². The quantitative estimate of drug-likeness (QED) is 0.316. The molecule has 0 spiro atoms. The molecule has 0 aliphatic heterocycles. The van der Waals surface area contributed by atoms with Crippen LogP contribution in [0, 0.1) is 0 Å². The van der Waals surface area contributed by atoms with Crippen LogP contribution < -0.4 is 11.1 Å². The molecule has 6 aromatic rings. The molecule has 158 valence electrons. The first-order valence-electron chi connectivity index (χ1n) is 9.58. The topological polar surface area (TPSA) is 116 Å². The number of aryl methyl sites for hydroxylation is 1. The van der Waals surface area contributed by atoms with Crippen molar-refractivity contribution >= 4 is 50.1 Å². The number of aromatic amines is 1. The summed E-state index contributed by atoms with van der Waals surface area (Å²) < 4.78 is 5.65. The zero-order valence-corrected chi connectivity index (χ0v) is 18.2. The Bertz CT molecular complexity index is 1740. The van der Waals surface area contributed by atoms with Crippen LogP contribution in [0.3, 0.4) is 0 Å². The predicted molar refractivity (Wildman–Crippen MR) is 123 cm³/mol. The van der Waals surface area contributed by atoms with E-state index in [-0.39, 0.29) is 11.1 Å². The standard InChI is InChI=1S/C20H14N8O2S2/c1-26-18(30)15-13(7-8-31-15)27-14(24-25-20(26)27)10-32-19-22-16-12(17(29)23-19)9-21-28(16)11-5-3-2-4-6-11/h2-9H,10H2,1H3,(H,22,23,29). The van der Waals surface area contributed by atoms with E-state index in [1.807, 2.05) is 46.2 Å². The van der Waals surface area contributed by atoms with Crippen molar-refractivity contribution in [3.63, 3.8) is 0 Å². The molecule has 0 aliphatic carbocycles. The molecular formula is C20H14N8O2S2.